The van der Waals surface area contributed by atoms with Crippen molar-refractivity contribution in [1.29, 1.82) is 0 Å². The Labute approximate surface area is 168 Å². The van der Waals surface area contributed by atoms with Crippen molar-refractivity contribution in [1.82, 2.24) is 0 Å². The fourth-order valence-corrected chi connectivity index (χ4v) is 6.45. The largest absolute Gasteiger partial charge is 0.857 e. The van der Waals surface area contributed by atoms with Crippen LogP contribution in [0.25, 0.3) is 0 Å². The molecule has 0 saturated heterocycles. The average molecular weight is 398 g/mol. The van der Waals surface area contributed by atoms with Gasteiger partial charge in [-0.15, -0.1) is 0 Å². The van der Waals surface area contributed by atoms with Gasteiger partial charge < -0.3 is 10.2 Å². The molecule has 0 heterocycles. The van der Waals surface area contributed by atoms with E-state index in [0.29, 0.717) is 10.1 Å². The maximum atomic E-state index is 12.1. The summed E-state index contributed by atoms with van der Waals surface area (Å²) in [6, 6.07) is 0. The maximum absolute atomic E-state index is 12.1. The number of allylic oxidation sites excluding steroid dienone is 4. The summed E-state index contributed by atoms with van der Waals surface area (Å²) in [5, 5.41) is 16.5. The summed E-state index contributed by atoms with van der Waals surface area (Å²) in [5.74, 6) is 0.622. The van der Waals surface area contributed by atoms with E-state index >= 15 is 0 Å². The second-order valence-corrected chi connectivity index (χ2v) is 9.84. The van der Waals surface area contributed by atoms with Gasteiger partial charge in [0.15, 0.2) is 0 Å². The number of rotatable bonds is 2. The van der Waals surface area contributed by atoms with Gasteiger partial charge in [-0.3, -0.25) is 0 Å². The van der Waals surface area contributed by atoms with Gasteiger partial charge in [-0.1, -0.05) is 0 Å². The molecule has 0 radical (unpaired) electrons. The van der Waals surface area contributed by atoms with Crippen LogP contribution in [0.1, 0.15) is 72.6 Å². The molecule has 3 aliphatic rings. The molecule has 146 valence electrons. The Morgan fingerprint density at radius 2 is 1.58 bits per heavy atom. The van der Waals surface area contributed by atoms with Crippen LogP contribution in [0.15, 0.2) is 22.3 Å². The molecule has 2 atom stereocenters. The zero-order chi connectivity index (χ0) is 19.9. The topological polar surface area (TPSA) is 72.4 Å². The van der Waals surface area contributed by atoms with Crippen LogP contribution in [-0.4, -0.2) is 20.2 Å². The van der Waals surface area contributed by atoms with Crippen molar-refractivity contribution in [2.75, 3.05) is 14.2 Å². The zero-order valence-corrected chi connectivity index (χ0v) is 18.8. The molecule has 4 nitrogen and oxygen atoms in total. The first-order valence-corrected chi connectivity index (χ1v) is 11.2. The van der Waals surface area contributed by atoms with E-state index in [-0.39, 0.29) is 11.4 Å². The third-order valence-corrected chi connectivity index (χ3v) is 7.27. The van der Waals surface area contributed by atoms with Crippen molar-refractivity contribution >= 4 is 5.97 Å². The Balaban J connectivity index is 0.000000791. The van der Waals surface area contributed by atoms with E-state index in [1.54, 1.807) is 22.3 Å². The van der Waals surface area contributed by atoms with Gasteiger partial charge in [-0.25, -0.2) is 0 Å². The molecule has 0 aromatic heterocycles. The molecule has 0 saturated carbocycles. The summed E-state index contributed by atoms with van der Waals surface area (Å²) < 4.78 is 6.37. The maximum Gasteiger partial charge on any atom is -0.153 e. The van der Waals surface area contributed by atoms with Crippen molar-refractivity contribution in [2.24, 2.45) is 11.3 Å². The Hall–Kier alpha value is -0.416. The second-order valence-electron chi connectivity index (χ2n) is 8.07. The van der Waals surface area contributed by atoms with E-state index in [1.807, 2.05) is 20.8 Å². The Morgan fingerprint density at radius 3 is 2.19 bits per heavy atom. The summed E-state index contributed by atoms with van der Waals surface area (Å²) in [6.07, 6.45) is 9.12. The molecule has 0 spiro atoms. The molecule has 0 N–H and O–H groups in total. The van der Waals surface area contributed by atoms with Crippen molar-refractivity contribution in [3.63, 3.8) is 0 Å². The van der Waals surface area contributed by atoms with Crippen molar-refractivity contribution in [3.8, 4) is 0 Å². The van der Waals surface area contributed by atoms with Crippen LogP contribution in [0, 0.1) is 11.3 Å². The van der Waals surface area contributed by atoms with Crippen LogP contribution in [0.5, 0.6) is 0 Å². The summed E-state index contributed by atoms with van der Waals surface area (Å²) in [7, 11) is 1.50. The van der Waals surface area contributed by atoms with E-state index in [9.17, 15) is 4.79 Å². The normalized spacial score (nSPS) is 24.3. The second kappa shape index (κ2) is 10.8. The SMILES string of the molecule is CC1C2=C(CCCC2)C2=C1[CH]([Ti+2][O]C(=O)C(C)(C)C)CCC2.C[O-].C[O-]. The standard InChI is InChI=1S/C14H19.C5H10O2.2CH3O.Ti/c1-10-11-6-2-4-8-13(11)14-9-5-3-7-12(10)14;1-5(2,3)4(6)7;2*1-2;/h6,10H,2-5,7-9H2,1H3;1-3H3,(H,6,7);2*1H3;/q;;2*-1;+3/p-1. The van der Waals surface area contributed by atoms with Gasteiger partial charge in [0.2, 0.25) is 0 Å². The first-order valence-electron chi connectivity index (χ1n) is 9.63. The van der Waals surface area contributed by atoms with Gasteiger partial charge in [0, 0.05) is 0 Å². The van der Waals surface area contributed by atoms with Crippen LogP contribution in [0.4, 0.5) is 0 Å². The van der Waals surface area contributed by atoms with Crippen LogP contribution in [0.3, 0.4) is 0 Å². The number of fused-ring (bicyclic) bond motifs is 1. The quantitative estimate of drug-likeness (QED) is 0.669. The van der Waals surface area contributed by atoms with E-state index < -0.39 is 19.5 Å². The summed E-state index contributed by atoms with van der Waals surface area (Å²) in [6.45, 7) is 8.25. The van der Waals surface area contributed by atoms with Gasteiger partial charge in [-0.2, -0.15) is 14.2 Å². The minimum absolute atomic E-state index is 0.0106. The Morgan fingerprint density at radius 1 is 1.00 bits per heavy atom. The monoisotopic (exact) mass is 398 g/mol. The molecule has 3 rings (SSSR count). The van der Waals surface area contributed by atoms with Crippen molar-refractivity contribution in [2.45, 2.75) is 76.9 Å². The smallest absolute Gasteiger partial charge is 0.153 e. The summed E-state index contributed by atoms with van der Waals surface area (Å²) in [4.78, 5) is 12.1. The van der Waals surface area contributed by atoms with Crippen LogP contribution >= 0.6 is 0 Å². The molecular weight excluding hydrogens is 364 g/mol. The fourth-order valence-electron chi connectivity index (χ4n) is 4.22. The molecule has 0 aromatic rings. The van der Waals surface area contributed by atoms with Gasteiger partial charge in [0.25, 0.3) is 0 Å². The minimum atomic E-state index is -0.678. The van der Waals surface area contributed by atoms with Gasteiger partial charge in [0.1, 0.15) is 0 Å². The third kappa shape index (κ3) is 5.31. The molecule has 0 aromatic carbocycles. The Bertz CT molecular complexity index is 543. The minimum Gasteiger partial charge on any atom is -0.857 e. The van der Waals surface area contributed by atoms with Crippen LogP contribution < -0.4 is 10.2 Å². The molecule has 5 heteroatoms. The summed E-state index contributed by atoms with van der Waals surface area (Å²) >= 11 is -0.678. The third-order valence-electron chi connectivity index (χ3n) is 5.41. The zero-order valence-electron chi connectivity index (χ0n) is 17.2. The molecule has 26 heavy (non-hydrogen) atoms. The predicted octanol–water partition coefficient (Wildman–Crippen LogP) is 3.32. The van der Waals surface area contributed by atoms with Crippen molar-refractivity contribution in [3.05, 3.63) is 22.3 Å². The van der Waals surface area contributed by atoms with Crippen LogP contribution in [0.2, 0.25) is 4.22 Å². The molecule has 0 aliphatic heterocycles. The molecule has 0 fully saturated rings. The Kier molecular flexibility index (Phi) is 9.81. The molecule has 0 bridgehead atoms. The van der Waals surface area contributed by atoms with Gasteiger partial charge in [-0.05, 0) is 0 Å². The van der Waals surface area contributed by atoms with E-state index in [1.165, 1.54) is 44.9 Å². The fraction of sp³-hybridized carbons (Fsp3) is 0.762. The number of hydrogen-bond donors (Lipinski definition) is 0. The van der Waals surface area contributed by atoms with E-state index in [0.717, 1.165) is 14.2 Å². The number of hydrogen-bond acceptors (Lipinski definition) is 4. The van der Waals surface area contributed by atoms with E-state index in [4.69, 9.17) is 13.5 Å². The number of carbonyl (C=O) groups is 1. The van der Waals surface area contributed by atoms with Gasteiger partial charge in [0.05, 0.1) is 0 Å². The molecule has 2 unspecified atom stereocenters. The first-order chi connectivity index (χ1) is 12.4. The van der Waals surface area contributed by atoms with Crippen molar-refractivity contribution < 1.29 is 37.9 Å². The molecular formula is C21H34O4Ti. The van der Waals surface area contributed by atoms with E-state index in [2.05, 4.69) is 6.92 Å². The molecule has 0 amide bonds. The van der Waals surface area contributed by atoms with Crippen LogP contribution in [-0.2, 0) is 27.7 Å². The first kappa shape index (κ1) is 23.6. The number of carbonyl (C=O) groups excluding carboxylic acids is 1. The average Bonchev–Trinajstić information content (AvgIpc) is 2.96. The van der Waals surface area contributed by atoms with Gasteiger partial charge >= 0.3 is 144 Å². The summed E-state index contributed by atoms with van der Waals surface area (Å²) in [5.41, 5.74) is 6.45. The predicted molar refractivity (Wildman–Crippen MR) is 96.7 cm³/mol. The molecule has 3 aliphatic carbocycles.